The summed E-state index contributed by atoms with van der Waals surface area (Å²) in [5, 5.41) is 0. The molecule has 1 heterocycles. The first-order valence-electron chi connectivity index (χ1n) is 7.70. The minimum absolute atomic E-state index is 0.128. The second-order valence-electron chi connectivity index (χ2n) is 8.60. The smallest absolute Gasteiger partial charge is 0.143 e. The molecule has 0 aromatic rings. The highest BCUT2D eigenvalue weighted by Gasteiger charge is 2.97. The van der Waals surface area contributed by atoms with Gasteiger partial charge in [0.2, 0.25) is 0 Å². The highest BCUT2D eigenvalue weighted by molar-refractivity contribution is 5.97. The van der Waals surface area contributed by atoms with Gasteiger partial charge in [-0.25, -0.2) is 0 Å². The first kappa shape index (κ1) is 9.52. The lowest BCUT2D eigenvalue weighted by Crippen LogP contribution is -2.79. The second-order valence-corrected chi connectivity index (χ2v) is 8.60. The van der Waals surface area contributed by atoms with Gasteiger partial charge in [-0.3, -0.25) is 4.79 Å². The summed E-state index contributed by atoms with van der Waals surface area (Å²) in [4.78, 5) is 13.1. The third-order valence-electron chi connectivity index (χ3n) is 8.63. The Balaban J connectivity index is 1.62. The Morgan fingerprint density at radius 2 is 2.00 bits per heavy atom. The lowest BCUT2D eigenvalue weighted by atomic mass is 9.23. The summed E-state index contributed by atoms with van der Waals surface area (Å²) in [5.74, 6) is 4.85. The van der Waals surface area contributed by atoms with E-state index in [1.165, 1.54) is 12.8 Å². The fourth-order valence-corrected chi connectivity index (χ4v) is 8.42. The van der Waals surface area contributed by atoms with E-state index in [0.29, 0.717) is 23.0 Å². The van der Waals surface area contributed by atoms with Crippen LogP contribution in [0.15, 0.2) is 0 Å². The molecule has 2 heteroatoms. The van der Waals surface area contributed by atoms with Gasteiger partial charge in [-0.1, -0.05) is 13.8 Å². The molecule has 0 bridgehead atoms. The van der Waals surface area contributed by atoms with Crippen LogP contribution in [0.5, 0.6) is 0 Å². The molecule has 1 saturated heterocycles. The van der Waals surface area contributed by atoms with Crippen LogP contribution in [0.1, 0.15) is 26.7 Å². The average Bonchev–Trinajstić information content (AvgIpc) is 2.75. The fourth-order valence-electron chi connectivity index (χ4n) is 8.42. The van der Waals surface area contributed by atoms with Crippen molar-refractivity contribution in [3.05, 3.63) is 0 Å². The average molecular weight is 244 g/mol. The topological polar surface area (TPSA) is 26.3 Å². The van der Waals surface area contributed by atoms with Crippen LogP contribution in [0.2, 0.25) is 0 Å². The molecule has 6 fully saturated rings. The van der Waals surface area contributed by atoms with E-state index in [4.69, 9.17) is 4.74 Å². The summed E-state index contributed by atoms with van der Waals surface area (Å²) in [7, 11) is 0. The number of hydrogen-bond donors (Lipinski definition) is 0. The fraction of sp³-hybridized carbons (Fsp3) is 0.938. The van der Waals surface area contributed by atoms with Crippen molar-refractivity contribution in [1.82, 2.24) is 0 Å². The van der Waals surface area contributed by atoms with Gasteiger partial charge >= 0.3 is 0 Å². The zero-order chi connectivity index (χ0) is 12.1. The number of ether oxygens (including phenoxy) is 1. The summed E-state index contributed by atoms with van der Waals surface area (Å²) >= 11 is 0. The van der Waals surface area contributed by atoms with Crippen molar-refractivity contribution in [3.63, 3.8) is 0 Å². The maximum atomic E-state index is 13.1. The van der Waals surface area contributed by atoms with E-state index < -0.39 is 0 Å². The van der Waals surface area contributed by atoms with Crippen LogP contribution in [0.4, 0.5) is 0 Å². The number of ketones is 1. The standard InChI is InChI=1S/C16H20O2/c1-14(2)4-3-7-10-12-11-9(13(17)16(7,12)14)8-5-18-6-15(8,10)11/h7-12H,3-6H2,1-2H3/t7-,8-,9-,10?,11?,12+,15?,16-/m1/s1. The first-order valence-corrected chi connectivity index (χ1v) is 7.70. The zero-order valence-corrected chi connectivity index (χ0v) is 11.1. The van der Waals surface area contributed by atoms with Gasteiger partial charge in [0.1, 0.15) is 5.78 Å². The van der Waals surface area contributed by atoms with Crippen LogP contribution in [-0.4, -0.2) is 19.0 Å². The number of hydrogen-bond acceptors (Lipinski definition) is 2. The molecule has 3 unspecified atom stereocenters. The summed E-state index contributed by atoms with van der Waals surface area (Å²) < 4.78 is 5.80. The van der Waals surface area contributed by atoms with Crippen molar-refractivity contribution < 1.29 is 9.53 Å². The van der Waals surface area contributed by atoms with E-state index in [1.807, 2.05) is 0 Å². The predicted molar refractivity (Wildman–Crippen MR) is 64.6 cm³/mol. The Labute approximate surface area is 107 Å². The Morgan fingerprint density at radius 3 is 2.83 bits per heavy atom. The van der Waals surface area contributed by atoms with Crippen LogP contribution in [0.3, 0.4) is 0 Å². The molecule has 6 rings (SSSR count). The lowest BCUT2D eigenvalue weighted by Gasteiger charge is -2.79. The van der Waals surface area contributed by atoms with Gasteiger partial charge in [0.15, 0.2) is 0 Å². The molecule has 0 radical (unpaired) electrons. The van der Waals surface area contributed by atoms with Crippen molar-refractivity contribution in [2.75, 3.05) is 13.2 Å². The molecule has 0 amide bonds. The van der Waals surface area contributed by atoms with E-state index in [1.54, 1.807) is 0 Å². The van der Waals surface area contributed by atoms with E-state index in [0.717, 1.165) is 36.9 Å². The summed E-state index contributed by atoms with van der Waals surface area (Å²) in [6.07, 6.45) is 2.59. The Kier molecular flexibility index (Phi) is 1.13. The molecular formula is C16H20O2. The minimum Gasteiger partial charge on any atom is -0.381 e. The Morgan fingerprint density at radius 1 is 1.17 bits per heavy atom. The molecule has 18 heavy (non-hydrogen) atoms. The highest BCUT2D eigenvalue weighted by Crippen LogP contribution is 2.96. The van der Waals surface area contributed by atoms with E-state index in [2.05, 4.69) is 13.8 Å². The SMILES string of the molecule is CC1(C)CC[C@@H]2C3[C@H]4C5[C@H](C(=O)[C@]421)[C@H]1COCC351. The van der Waals surface area contributed by atoms with Crippen LogP contribution in [0, 0.1) is 51.8 Å². The Bertz CT molecular complexity index is 515. The molecule has 2 spiro atoms. The zero-order valence-electron chi connectivity index (χ0n) is 11.1. The van der Waals surface area contributed by atoms with Gasteiger partial charge in [0.25, 0.3) is 0 Å². The number of rotatable bonds is 0. The van der Waals surface area contributed by atoms with Crippen LogP contribution >= 0.6 is 0 Å². The maximum Gasteiger partial charge on any atom is 0.143 e. The molecule has 6 aliphatic rings. The molecule has 0 aromatic carbocycles. The second kappa shape index (κ2) is 2.13. The molecule has 0 aromatic heterocycles. The number of carbonyl (C=O) groups excluding carboxylic acids is 1. The molecule has 96 valence electrons. The van der Waals surface area contributed by atoms with Gasteiger partial charge < -0.3 is 4.74 Å². The van der Waals surface area contributed by atoms with Crippen molar-refractivity contribution in [1.29, 1.82) is 0 Å². The number of Topliss-reactive ketones (excluding diaryl/α,β-unsaturated/α-hetero) is 1. The summed E-state index contributed by atoms with van der Waals surface area (Å²) in [5.41, 5.74) is 0.905. The summed E-state index contributed by atoms with van der Waals surface area (Å²) in [6.45, 7) is 6.63. The molecule has 2 nitrogen and oxygen atoms in total. The van der Waals surface area contributed by atoms with Gasteiger partial charge in [-0.15, -0.1) is 0 Å². The van der Waals surface area contributed by atoms with Crippen LogP contribution < -0.4 is 0 Å². The lowest BCUT2D eigenvalue weighted by molar-refractivity contribution is -0.341. The predicted octanol–water partition coefficient (Wildman–Crippen LogP) is 2.13. The quantitative estimate of drug-likeness (QED) is 0.652. The van der Waals surface area contributed by atoms with E-state index in [9.17, 15) is 4.79 Å². The number of carbonyl (C=O) groups is 1. The van der Waals surface area contributed by atoms with E-state index >= 15 is 0 Å². The maximum absolute atomic E-state index is 13.1. The van der Waals surface area contributed by atoms with Crippen LogP contribution in [-0.2, 0) is 9.53 Å². The molecule has 5 aliphatic carbocycles. The van der Waals surface area contributed by atoms with Gasteiger partial charge in [0.05, 0.1) is 13.2 Å². The van der Waals surface area contributed by atoms with Gasteiger partial charge in [0, 0.05) is 22.7 Å². The monoisotopic (exact) mass is 244 g/mol. The first-order chi connectivity index (χ1) is 8.58. The van der Waals surface area contributed by atoms with Crippen molar-refractivity contribution in [2.24, 2.45) is 51.8 Å². The third kappa shape index (κ3) is 0.502. The minimum atomic E-state index is 0.128. The van der Waals surface area contributed by atoms with Crippen LogP contribution in [0.25, 0.3) is 0 Å². The summed E-state index contributed by atoms with van der Waals surface area (Å²) in [6, 6.07) is 0. The highest BCUT2D eigenvalue weighted by atomic mass is 16.5. The molecule has 5 saturated carbocycles. The number of fused-ring (bicyclic) bond motifs is 2. The van der Waals surface area contributed by atoms with E-state index in [-0.39, 0.29) is 10.8 Å². The largest absolute Gasteiger partial charge is 0.381 e. The Hall–Kier alpha value is -0.370. The van der Waals surface area contributed by atoms with Gasteiger partial charge in [-0.05, 0) is 41.9 Å². The molecule has 8 atom stereocenters. The van der Waals surface area contributed by atoms with Crippen molar-refractivity contribution in [2.45, 2.75) is 26.7 Å². The van der Waals surface area contributed by atoms with Gasteiger partial charge in [-0.2, -0.15) is 0 Å². The van der Waals surface area contributed by atoms with Crippen molar-refractivity contribution >= 4 is 5.78 Å². The normalized spacial score (nSPS) is 71.8. The molecule has 0 N–H and O–H groups in total. The van der Waals surface area contributed by atoms with Crippen molar-refractivity contribution in [3.8, 4) is 0 Å². The third-order valence-corrected chi connectivity index (χ3v) is 8.63. The molecule has 1 aliphatic heterocycles. The molecular weight excluding hydrogens is 224 g/mol.